The number of nitrogens with zero attached hydrogens (tertiary/aromatic N) is 2. The highest BCUT2D eigenvalue weighted by atomic mass is 19.4. The Hall–Kier alpha value is -4.00. The zero-order valence-electron chi connectivity index (χ0n) is 20.0. The third-order valence-electron chi connectivity index (χ3n) is 5.97. The van der Waals surface area contributed by atoms with Crippen LogP contribution in [0.2, 0.25) is 0 Å². The van der Waals surface area contributed by atoms with Crippen molar-refractivity contribution in [2.24, 2.45) is 0 Å². The van der Waals surface area contributed by atoms with Crippen molar-refractivity contribution in [1.29, 1.82) is 0 Å². The van der Waals surface area contributed by atoms with Crippen molar-refractivity contribution in [2.45, 2.75) is 39.2 Å². The van der Waals surface area contributed by atoms with E-state index < -0.39 is 11.7 Å². The minimum absolute atomic E-state index is 0.251. The van der Waals surface area contributed by atoms with Gasteiger partial charge in [0.1, 0.15) is 0 Å². The fourth-order valence-electron chi connectivity index (χ4n) is 4.06. The first-order chi connectivity index (χ1) is 17.3. The summed E-state index contributed by atoms with van der Waals surface area (Å²) in [6.07, 6.45) is -1.71. The maximum Gasteiger partial charge on any atom is 0.416 e. The maximum absolute atomic E-state index is 13.3. The van der Waals surface area contributed by atoms with Crippen molar-refractivity contribution in [3.05, 3.63) is 125 Å². The quantitative estimate of drug-likeness (QED) is 0.275. The number of aryl methyl sites for hydroxylation is 1. The van der Waals surface area contributed by atoms with Gasteiger partial charge < -0.3 is 14.8 Å². The van der Waals surface area contributed by atoms with Crippen LogP contribution in [0.25, 0.3) is 0 Å². The van der Waals surface area contributed by atoms with E-state index in [-0.39, 0.29) is 12.6 Å². The number of amides is 2. The van der Waals surface area contributed by atoms with Gasteiger partial charge in [-0.25, -0.2) is 4.79 Å². The molecule has 1 heterocycles. The van der Waals surface area contributed by atoms with Gasteiger partial charge >= 0.3 is 12.2 Å². The lowest BCUT2D eigenvalue weighted by atomic mass is 10.1. The Labute approximate surface area is 209 Å². The van der Waals surface area contributed by atoms with E-state index in [1.807, 2.05) is 77.5 Å². The Morgan fingerprint density at radius 3 is 2.31 bits per heavy atom. The zero-order chi connectivity index (χ0) is 25.5. The predicted molar refractivity (Wildman–Crippen MR) is 136 cm³/mol. The number of alkyl halides is 3. The van der Waals surface area contributed by atoms with Crippen LogP contribution >= 0.6 is 0 Å². The molecule has 4 rings (SSSR count). The van der Waals surface area contributed by atoms with E-state index in [0.29, 0.717) is 18.7 Å². The predicted octanol–water partition coefficient (Wildman–Crippen LogP) is 7.35. The van der Waals surface area contributed by atoms with Crippen LogP contribution in [0.15, 0.2) is 97.2 Å². The largest absolute Gasteiger partial charge is 0.416 e. The number of carbonyl (C=O) groups excluding carboxylic acids is 1. The van der Waals surface area contributed by atoms with E-state index >= 15 is 0 Å². The molecule has 0 unspecified atom stereocenters. The van der Waals surface area contributed by atoms with Gasteiger partial charge in [-0.05, 0) is 59.5 Å². The second kappa shape index (κ2) is 11.2. The van der Waals surface area contributed by atoms with Crippen LogP contribution < -0.4 is 5.32 Å². The molecular formula is C29H28F3N3O. The zero-order valence-corrected chi connectivity index (χ0v) is 20.0. The summed E-state index contributed by atoms with van der Waals surface area (Å²) in [5.41, 5.74) is 3.51. The lowest BCUT2D eigenvalue weighted by Crippen LogP contribution is -2.34. The lowest BCUT2D eigenvalue weighted by Gasteiger charge is -2.24. The SMILES string of the molecule is CCc1cccc(NC(=O)N(Cc2ccccc2)Cc2cccn2Cc2cccc(C(F)(F)F)c2)c1. The molecule has 0 aliphatic rings. The number of hydrogen-bond acceptors (Lipinski definition) is 1. The van der Waals surface area contributed by atoms with Gasteiger partial charge in [0.25, 0.3) is 0 Å². The van der Waals surface area contributed by atoms with Gasteiger partial charge in [0.05, 0.1) is 12.1 Å². The summed E-state index contributed by atoms with van der Waals surface area (Å²) in [6, 6.07) is 26.2. The second-order valence-corrected chi connectivity index (χ2v) is 8.65. The molecule has 1 aromatic heterocycles. The van der Waals surface area contributed by atoms with Gasteiger partial charge in [-0.3, -0.25) is 0 Å². The first-order valence-electron chi connectivity index (χ1n) is 11.8. The summed E-state index contributed by atoms with van der Waals surface area (Å²) in [5.74, 6) is 0. The first kappa shape index (κ1) is 25.1. The molecule has 36 heavy (non-hydrogen) atoms. The number of carbonyl (C=O) groups is 1. The number of anilines is 1. The number of urea groups is 1. The number of nitrogens with one attached hydrogen (secondary N) is 1. The molecule has 4 nitrogen and oxygen atoms in total. The van der Waals surface area contributed by atoms with E-state index in [9.17, 15) is 18.0 Å². The maximum atomic E-state index is 13.3. The summed E-state index contributed by atoms with van der Waals surface area (Å²) < 4.78 is 41.4. The Bertz CT molecular complexity index is 1300. The van der Waals surface area contributed by atoms with Crippen molar-refractivity contribution in [1.82, 2.24) is 9.47 Å². The molecule has 0 atom stereocenters. The van der Waals surface area contributed by atoms with Crippen LogP contribution in [0.5, 0.6) is 0 Å². The van der Waals surface area contributed by atoms with Gasteiger partial charge in [0, 0.05) is 30.7 Å². The van der Waals surface area contributed by atoms with Crippen LogP contribution in [0.1, 0.15) is 34.9 Å². The minimum atomic E-state index is -4.39. The molecule has 4 aromatic rings. The minimum Gasteiger partial charge on any atom is -0.345 e. The highest BCUT2D eigenvalue weighted by Crippen LogP contribution is 2.30. The highest BCUT2D eigenvalue weighted by molar-refractivity contribution is 5.89. The molecular weight excluding hydrogens is 463 g/mol. The van der Waals surface area contributed by atoms with Crippen LogP contribution in [-0.2, 0) is 32.2 Å². The van der Waals surface area contributed by atoms with E-state index in [1.165, 1.54) is 12.1 Å². The van der Waals surface area contributed by atoms with Crippen LogP contribution in [0.3, 0.4) is 0 Å². The summed E-state index contributed by atoms with van der Waals surface area (Å²) >= 11 is 0. The summed E-state index contributed by atoms with van der Waals surface area (Å²) in [6.45, 7) is 3.00. The van der Waals surface area contributed by atoms with Crippen molar-refractivity contribution in [2.75, 3.05) is 5.32 Å². The average molecular weight is 492 g/mol. The van der Waals surface area contributed by atoms with Crippen molar-refractivity contribution < 1.29 is 18.0 Å². The van der Waals surface area contributed by atoms with Gasteiger partial charge in [-0.1, -0.05) is 61.5 Å². The lowest BCUT2D eigenvalue weighted by molar-refractivity contribution is -0.137. The highest BCUT2D eigenvalue weighted by Gasteiger charge is 2.30. The fraction of sp³-hybridized carbons (Fsp3) is 0.207. The Balaban J connectivity index is 1.56. The van der Waals surface area contributed by atoms with Crippen LogP contribution in [0.4, 0.5) is 23.7 Å². The molecule has 1 N–H and O–H groups in total. The second-order valence-electron chi connectivity index (χ2n) is 8.65. The van der Waals surface area contributed by atoms with E-state index in [4.69, 9.17) is 0 Å². The molecule has 0 bridgehead atoms. The van der Waals surface area contributed by atoms with Crippen molar-refractivity contribution in [3.63, 3.8) is 0 Å². The number of hydrogen-bond donors (Lipinski definition) is 1. The molecule has 3 aromatic carbocycles. The Morgan fingerprint density at radius 2 is 1.56 bits per heavy atom. The van der Waals surface area contributed by atoms with Gasteiger partial charge in [-0.2, -0.15) is 13.2 Å². The topological polar surface area (TPSA) is 37.3 Å². The summed E-state index contributed by atoms with van der Waals surface area (Å²) in [7, 11) is 0. The van der Waals surface area contributed by atoms with Gasteiger partial charge in [0.2, 0.25) is 0 Å². The van der Waals surface area contributed by atoms with Crippen molar-refractivity contribution in [3.8, 4) is 0 Å². The first-order valence-corrected chi connectivity index (χ1v) is 11.8. The molecule has 0 aliphatic carbocycles. The van der Waals surface area contributed by atoms with Crippen molar-refractivity contribution >= 4 is 11.7 Å². The molecule has 186 valence electrons. The third-order valence-corrected chi connectivity index (χ3v) is 5.97. The van der Waals surface area contributed by atoms with Crippen LogP contribution in [0, 0.1) is 0 Å². The standard InChI is InChI=1S/C29H28F3N3O/c1-2-22-11-7-14-26(18-22)33-28(36)35(19-23-9-4-3-5-10-23)21-27-15-8-16-34(27)20-24-12-6-13-25(17-24)29(30,31)32/h3-18H,2,19-21H2,1H3,(H,33,36). The molecule has 0 saturated carbocycles. The number of rotatable bonds is 8. The third kappa shape index (κ3) is 6.56. The number of halogens is 3. The Morgan fingerprint density at radius 1 is 0.833 bits per heavy atom. The van der Waals surface area contributed by atoms with E-state index in [0.717, 1.165) is 35.0 Å². The van der Waals surface area contributed by atoms with Crippen LogP contribution in [-0.4, -0.2) is 15.5 Å². The number of aromatic nitrogens is 1. The van der Waals surface area contributed by atoms with Gasteiger partial charge in [-0.15, -0.1) is 0 Å². The van der Waals surface area contributed by atoms with Gasteiger partial charge in [0.15, 0.2) is 0 Å². The monoisotopic (exact) mass is 491 g/mol. The average Bonchev–Trinajstić information content (AvgIpc) is 3.30. The Kier molecular flexibility index (Phi) is 7.78. The normalized spacial score (nSPS) is 11.3. The smallest absolute Gasteiger partial charge is 0.345 e. The molecule has 0 aliphatic heterocycles. The molecule has 0 fully saturated rings. The molecule has 0 radical (unpaired) electrons. The van der Waals surface area contributed by atoms with E-state index in [2.05, 4.69) is 12.2 Å². The number of benzene rings is 3. The van der Waals surface area contributed by atoms with E-state index in [1.54, 1.807) is 11.0 Å². The summed E-state index contributed by atoms with van der Waals surface area (Å²) in [4.78, 5) is 15.0. The molecule has 7 heteroatoms. The molecule has 0 spiro atoms. The summed E-state index contributed by atoms with van der Waals surface area (Å²) in [5, 5.41) is 3.00. The molecule has 0 saturated heterocycles. The molecule has 2 amide bonds. The fourth-order valence-corrected chi connectivity index (χ4v) is 4.06.